The lowest BCUT2D eigenvalue weighted by atomic mass is 9.88. The Labute approximate surface area is 114 Å². The molecule has 0 aliphatic carbocycles. The lowest BCUT2D eigenvalue weighted by Crippen LogP contribution is -2.13. The molecule has 1 nitrogen and oxygen atoms in total. The highest BCUT2D eigenvalue weighted by Gasteiger charge is 2.14. The minimum absolute atomic E-state index is 0.145. The van der Waals surface area contributed by atoms with E-state index in [-0.39, 0.29) is 6.04 Å². The van der Waals surface area contributed by atoms with Gasteiger partial charge in [0.15, 0.2) is 0 Å². The van der Waals surface area contributed by atoms with E-state index in [9.17, 15) is 0 Å². The predicted octanol–water partition coefficient (Wildman–Crippen LogP) is 4.97. The van der Waals surface area contributed by atoms with Gasteiger partial charge in [0.2, 0.25) is 0 Å². The summed E-state index contributed by atoms with van der Waals surface area (Å²) in [5.41, 5.74) is 9.16. The molecule has 0 saturated heterocycles. The van der Waals surface area contributed by atoms with Crippen molar-refractivity contribution in [2.24, 2.45) is 11.1 Å². The summed E-state index contributed by atoms with van der Waals surface area (Å²) in [7, 11) is 0. The molecule has 0 aromatic heterocycles. The smallest absolute Gasteiger partial charge is 0.0306 e. The Kier molecular flexibility index (Phi) is 5.21. The molecule has 1 aromatic rings. The second-order valence-electron chi connectivity index (χ2n) is 6.04. The van der Waals surface area contributed by atoms with E-state index in [1.807, 2.05) is 0 Å². The Morgan fingerprint density at radius 3 is 2.53 bits per heavy atom. The summed E-state index contributed by atoms with van der Waals surface area (Å²) in [5, 5.41) is 0. The van der Waals surface area contributed by atoms with E-state index in [1.165, 1.54) is 28.4 Å². The van der Waals surface area contributed by atoms with Gasteiger partial charge in [0, 0.05) is 10.5 Å². The molecule has 96 valence electrons. The number of hydrogen-bond acceptors (Lipinski definition) is 1. The highest BCUT2D eigenvalue weighted by Crippen LogP contribution is 2.30. The lowest BCUT2D eigenvalue weighted by molar-refractivity contribution is 0.353. The van der Waals surface area contributed by atoms with E-state index in [0.717, 1.165) is 6.42 Å². The van der Waals surface area contributed by atoms with Crippen LogP contribution >= 0.6 is 15.9 Å². The molecular weight excluding hydrogens is 274 g/mol. The first-order valence-electron chi connectivity index (χ1n) is 6.32. The second kappa shape index (κ2) is 6.01. The molecule has 0 radical (unpaired) electrons. The van der Waals surface area contributed by atoms with Crippen LogP contribution in [0, 0.1) is 12.3 Å². The van der Waals surface area contributed by atoms with Gasteiger partial charge in [-0.15, -0.1) is 0 Å². The van der Waals surface area contributed by atoms with Crippen LogP contribution in [0.4, 0.5) is 0 Å². The normalized spacial score (nSPS) is 13.8. The second-order valence-corrected chi connectivity index (χ2v) is 6.83. The predicted molar refractivity (Wildman–Crippen MR) is 79.1 cm³/mol. The summed E-state index contributed by atoms with van der Waals surface area (Å²) in [6, 6.07) is 6.46. The average molecular weight is 298 g/mol. The molecule has 2 N–H and O–H groups in total. The fourth-order valence-corrected chi connectivity index (χ4v) is 2.52. The molecular formula is C15H24BrN. The highest BCUT2D eigenvalue weighted by molar-refractivity contribution is 9.10. The molecule has 0 bridgehead atoms. The van der Waals surface area contributed by atoms with Crippen molar-refractivity contribution in [1.29, 1.82) is 0 Å². The van der Waals surface area contributed by atoms with Crippen LogP contribution in [-0.2, 0) is 0 Å². The fourth-order valence-electron chi connectivity index (χ4n) is 1.96. The van der Waals surface area contributed by atoms with Gasteiger partial charge in [-0.2, -0.15) is 0 Å². The van der Waals surface area contributed by atoms with Gasteiger partial charge in [-0.1, -0.05) is 61.3 Å². The molecule has 17 heavy (non-hydrogen) atoms. The van der Waals surface area contributed by atoms with Crippen molar-refractivity contribution in [3.05, 3.63) is 33.8 Å². The fraction of sp³-hybridized carbons (Fsp3) is 0.600. The maximum absolute atomic E-state index is 6.26. The zero-order valence-corrected chi connectivity index (χ0v) is 13.0. The van der Waals surface area contributed by atoms with Crippen LogP contribution in [0.2, 0.25) is 0 Å². The third kappa shape index (κ3) is 4.81. The molecule has 0 spiro atoms. The summed E-state index contributed by atoms with van der Waals surface area (Å²) < 4.78 is 1.17. The van der Waals surface area contributed by atoms with E-state index < -0.39 is 0 Å². The van der Waals surface area contributed by atoms with Crippen molar-refractivity contribution in [3.8, 4) is 0 Å². The Morgan fingerprint density at radius 2 is 1.94 bits per heavy atom. The van der Waals surface area contributed by atoms with Crippen LogP contribution in [0.1, 0.15) is 57.2 Å². The molecule has 1 atom stereocenters. The molecule has 1 aromatic carbocycles. The monoisotopic (exact) mass is 297 g/mol. The SMILES string of the molecule is Cc1cccc(C(N)CCCC(C)(C)C)c1Br. The maximum Gasteiger partial charge on any atom is 0.0306 e. The number of benzene rings is 1. The molecule has 0 aliphatic heterocycles. The largest absolute Gasteiger partial charge is 0.324 e. The van der Waals surface area contributed by atoms with Crippen LogP contribution in [0.15, 0.2) is 22.7 Å². The molecule has 0 amide bonds. The highest BCUT2D eigenvalue weighted by atomic mass is 79.9. The molecule has 0 fully saturated rings. The molecule has 0 saturated carbocycles. The van der Waals surface area contributed by atoms with E-state index in [1.54, 1.807) is 0 Å². The van der Waals surface area contributed by atoms with Gasteiger partial charge in [0.1, 0.15) is 0 Å². The van der Waals surface area contributed by atoms with Crippen molar-refractivity contribution in [2.45, 2.75) is 53.0 Å². The van der Waals surface area contributed by atoms with Crippen molar-refractivity contribution in [3.63, 3.8) is 0 Å². The Morgan fingerprint density at radius 1 is 1.29 bits per heavy atom. The zero-order chi connectivity index (χ0) is 13.1. The number of aryl methyl sites for hydroxylation is 1. The number of nitrogens with two attached hydrogens (primary N) is 1. The van der Waals surface area contributed by atoms with Gasteiger partial charge in [0.25, 0.3) is 0 Å². The maximum atomic E-state index is 6.26. The number of hydrogen-bond donors (Lipinski definition) is 1. The molecule has 1 rings (SSSR count). The van der Waals surface area contributed by atoms with E-state index in [2.05, 4.69) is 61.8 Å². The third-order valence-corrected chi connectivity index (χ3v) is 4.15. The summed E-state index contributed by atoms with van der Waals surface area (Å²) in [4.78, 5) is 0. The van der Waals surface area contributed by atoms with Crippen molar-refractivity contribution in [1.82, 2.24) is 0 Å². The Hall–Kier alpha value is -0.340. The van der Waals surface area contributed by atoms with Gasteiger partial charge in [0.05, 0.1) is 0 Å². The number of halogens is 1. The van der Waals surface area contributed by atoms with Gasteiger partial charge < -0.3 is 5.73 Å². The summed E-state index contributed by atoms with van der Waals surface area (Å²) >= 11 is 3.63. The Bertz CT molecular complexity index is 366. The van der Waals surface area contributed by atoms with E-state index >= 15 is 0 Å². The van der Waals surface area contributed by atoms with Crippen molar-refractivity contribution >= 4 is 15.9 Å². The zero-order valence-electron chi connectivity index (χ0n) is 11.4. The Balaban J connectivity index is 2.58. The topological polar surface area (TPSA) is 26.0 Å². The van der Waals surface area contributed by atoms with Crippen LogP contribution in [0.5, 0.6) is 0 Å². The lowest BCUT2D eigenvalue weighted by Gasteiger charge is -2.20. The van der Waals surface area contributed by atoms with Crippen LogP contribution in [0.3, 0.4) is 0 Å². The summed E-state index contributed by atoms with van der Waals surface area (Å²) in [6.45, 7) is 8.94. The van der Waals surface area contributed by atoms with Gasteiger partial charge in [-0.25, -0.2) is 0 Å². The standard InChI is InChI=1S/C15H24BrN/c1-11-7-5-8-12(14(11)16)13(17)9-6-10-15(2,3)4/h5,7-8,13H,6,9-10,17H2,1-4H3. The van der Waals surface area contributed by atoms with Gasteiger partial charge >= 0.3 is 0 Å². The minimum Gasteiger partial charge on any atom is -0.324 e. The average Bonchev–Trinajstić information content (AvgIpc) is 2.20. The van der Waals surface area contributed by atoms with Crippen LogP contribution < -0.4 is 5.73 Å². The summed E-state index contributed by atoms with van der Waals surface area (Å²) in [6.07, 6.45) is 3.47. The van der Waals surface area contributed by atoms with Crippen molar-refractivity contribution < 1.29 is 0 Å². The van der Waals surface area contributed by atoms with Gasteiger partial charge in [-0.05, 0) is 36.3 Å². The molecule has 1 unspecified atom stereocenters. The van der Waals surface area contributed by atoms with Crippen LogP contribution in [-0.4, -0.2) is 0 Å². The first kappa shape index (κ1) is 14.7. The van der Waals surface area contributed by atoms with Crippen LogP contribution in [0.25, 0.3) is 0 Å². The van der Waals surface area contributed by atoms with E-state index in [0.29, 0.717) is 5.41 Å². The molecule has 0 heterocycles. The first-order chi connectivity index (χ1) is 7.81. The minimum atomic E-state index is 0.145. The number of rotatable bonds is 4. The van der Waals surface area contributed by atoms with Gasteiger partial charge in [-0.3, -0.25) is 0 Å². The van der Waals surface area contributed by atoms with E-state index in [4.69, 9.17) is 5.73 Å². The molecule has 0 aliphatic rings. The molecule has 2 heteroatoms. The third-order valence-electron chi connectivity index (χ3n) is 3.06. The van der Waals surface area contributed by atoms with Crippen molar-refractivity contribution in [2.75, 3.05) is 0 Å². The summed E-state index contributed by atoms with van der Waals surface area (Å²) in [5.74, 6) is 0. The first-order valence-corrected chi connectivity index (χ1v) is 7.11. The quantitative estimate of drug-likeness (QED) is 0.834.